The highest BCUT2D eigenvalue weighted by molar-refractivity contribution is 8.15. The van der Waals surface area contributed by atoms with Crippen LogP contribution in [-0.4, -0.2) is 51.2 Å². The van der Waals surface area contributed by atoms with Crippen molar-refractivity contribution in [2.24, 2.45) is 4.99 Å². The second-order valence-corrected chi connectivity index (χ2v) is 6.36. The minimum Gasteiger partial charge on any atom is -0.491 e. The Labute approximate surface area is 128 Å². The lowest BCUT2D eigenvalue weighted by Gasteiger charge is -2.02. The van der Waals surface area contributed by atoms with Crippen LogP contribution >= 0.6 is 23.1 Å². The maximum Gasteiger partial charge on any atom is 0.329 e. The Morgan fingerprint density at radius 2 is 2.33 bits per heavy atom. The number of carboxylic acids is 1. The molecule has 1 aromatic heterocycles. The van der Waals surface area contributed by atoms with Gasteiger partial charge in [0, 0.05) is 5.75 Å². The summed E-state index contributed by atoms with van der Waals surface area (Å²) in [6.07, 6.45) is 0. The first-order chi connectivity index (χ1) is 10.2. The van der Waals surface area contributed by atoms with Crippen LogP contribution in [0.2, 0.25) is 0 Å². The van der Waals surface area contributed by atoms with E-state index in [1.807, 2.05) is 12.1 Å². The Morgan fingerprint density at radius 1 is 1.48 bits per heavy atom. The summed E-state index contributed by atoms with van der Waals surface area (Å²) < 4.78 is 6.31. The lowest BCUT2D eigenvalue weighted by Crippen LogP contribution is -2.17. The number of thiazole rings is 1. The second kappa shape index (κ2) is 6.00. The smallest absolute Gasteiger partial charge is 0.329 e. The number of hydrogen-bond acceptors (Lipinski definition) is 7. The molecule has 0 fully saturated rings. The molecule has 1 aliphatic heterocycles. The van der Waals surface area contributed by atoms with Crippen LogP contribution in [0.3, 0.4) is 0 Å². The molecule has 3 rings (SSSR count). The number of carboxylic acid groups (broad SMARTS) is 1. The predicted molar refractivity (Wildman–Crippen MR) is 82.6 cm³/mol. The summed E-state index contributed by atoms with van der Waals surface area (Å²) in [6.45, 7) is 0.218. The molecule has 21 heavy (non-hydrogen) atoms. The van der Waals surface area contributed by atoms with Gasteiger partial charge in [-0.15, -0.1) is 23.1 Å². The van der Waals surface area contributed by atoms with E-state index in [2.05, 4.69) is 9.98 Å². The molecule has 1 aromatic carbocycles. The number of aliphatic hydroxyl groups is 1. The summed E-state index contributed by atoms with van der Waals surface area (Å²) in [4.78, 5) is 19.6. The van der Waals surface area contributed by atoms with Crippen molar-refractivity contribution in [1.82, 2.24) is 4.98 Å². The van der Waals surface area contributed by atoms with Gasteiger partial charge in [-0.25, -0.2) is 9.78 Å². The molecule has 0 unspecified atom stereocenters. The van der Waals surface area contributed by atoms with Crippen molar-refractivity contribution in [1.29, 1.82) is 0 Å². The molecule has 0 radical (unpaired) electrons. The minimum absolute atomic E-state index is 0.0317. The Balaban J connectivity index is 1.87. The number of thioether (sulfide) groups is 1. The van der Waals surface area contributed by atoms with E-state index in [-0.39, 0.29) is 13.2 Å². The molecule has 0 aliphatic carbocycles. The number of aliphatic hydroxyl groups excluding tert-OH is 1. The van der Waals surface area contributed by atoms with Crippen LogP contribution in [-0.2, 0) is 4.79 Å². The van der Waals surface area contributed by atoms with Crippen LogP contribution < -0.4 is 4.74 Å². The summed E-state index contributed by atoms with van der Waals surface area (Å²) in [5, 5.41) is 19.1. The first-order valence-electron chi connectivity index (χ1n) is 6.25. The van der Waals surface area contributed by atoms with Crippen molar-refractivity contribution in [3.05, 3.63) is 23.2 Å². The number of benzene rings is 1. The number of fused-ring (bicyclic) bond motifs is 1. The van der Waals surface area contributed by atoms with Gasteiger partial charge in [-0.3, -0.25) is 4.99 Å². The van der Waals surface area contributed by atoms with E-state index >= 15 is 0 Å². The zero-order chi connectivity index (χ0) is 14.8. The third-order valence-electron chi connectivity index (χ3n) is 2.84. The molecule has 6 nitrogen and oxygen atoms in total. The van der Waals surface area contributed by atoms with Crippen molar-refractivity contribution in [2.75, 3.05) is 19.0 Å². The fourth-order valence-corrected chi connectivity index (χ4v) is 3.96. The third kappa shape index (κ3) is 3.02. The average molecular weight is 324 g/mol. The van der Waals surface area contributed by atoms with Gasteiger partial charge in [0.25, 0.3) is 0 Å². The van der Waals surface area contributed by atoms with Gasteiger partial charge in [0.2, 0.25) is 0 Å². The summed E-state index contributed by atoms with van der Waals surface area (Å²) >= 11 is 2.88. The summed E-state index contributed by atoms with van der Waals surface area (Å²) in [5.41, 5.74) is 0.827. The Hall–Kier alpha value is -1.64. The first kappa shape index (κ1) is 14.3. The molecule has 1 atom stereocenters. The monoisotopic (exact) mass is 324 g/mol. The van der Waals surface area contributed by atoms with E-state index in [1.165, 1.54) is 23.1 Å². The molecule has 0 saturated carbocycles. The molecule has 8 heteroatoms. The van der Waals surface area contributed by atoms with Crippen LogP contribution in [0.1, 0.15) is 5.01 Å². The van der Waals surface area contributed by atoms with Gasteiger partial charge in [-0.05, 0) is 18.2 Å². The maximum absolute atomic E-state index is 10.9. The Kier molecular flexibility index (Phi) is 4.09. The van der Waals surface area contributed by atoms with E-state index in [9.17, 15) is 4.79 Å². The van der Waals surface area contributed by atoms with Gasteiger partial charge < -0.3 is 14.9 Å². The standard InChI is InChI=1S/C13H12N2O4S2/c16-3-4-19-7-1-2-8-10(5-7)21-12(14-8)11-15-9(6-20-11)13(17)18/h1-2,5,9,16H,3-4,6H2,(H,17,18)/t9-/m1/s1. The minimum atomic E-state index is -0.904. The van der Waals surface area contributed by atoms with Gasteiger partial charge in [0.05, 0.1) is 16.8 Å². The van der Waals surface area contributed by atoms with Crippen molar-refractivity contribution in [2.45, 2.75) is 6.04 Å². The Morgan fingerprint density at radius 3 is 3.05 bits per heavy atom. The molecule has 0 spiro atoms. The van der Waals surface area contributed by atoms with Gasteiger partial charge in [-0.2, -0.15) is 0 Å². The lowest BCUT2D eigenvalue weighted by molar-refractivity contribution is -0.137. The zero-order valence-corrected chi connectivity index (χ0v) is 12.5. The van der Waals surface area contributed by atoms with Gasteiger partial charge in [0.1, 0.15) is 22.4 Å². The highest BCUT2D eigenvalue weighted by Gasteiger charge is 2.26. The van der Waals surface area contributed by atoms with Crippen LogP contribution in [0.4, 0.5) is 0 Å². The van der Waals surface area contributed by atoms with Crippen molar-refractivity contribution >= 4 is 44.3 Å². The van der Waals surface area contributed by atoms with E-state index in [0.717, 1.165) is 15.2 Å². The number of aliphatic carboxylic acids is 1. The lowest BCUT2D eigenvalue weighted by atomic mass is 10.3. The molecule has 0 amide bonds. The molecule has 1 aliphatic rings. The zero-order valence-electron chi connectivity index (χ0n) is 10.9. The SMILES string of the molecule is O=C(O)[C@H]1CSC(c2nc3ccc(OCCO)cc3s2)=N1. The number of hydrogen-bond donors (Lipinski definition) is 2. The van der Waals surface area contributed by atoms with Crippen molar-refractivity contribution in [3.63, 3.8) is 0 Å². The first-order valence-corrected chi connectivity index (χ1v) is 8.05. The van der Waals surface area contributed by atoms with Crippen LogP contribution in [0, 0.1) is 0 Å². The van der Waals surface area contributed by atoms with E-state index in [4.69, 9.17) is 14.9 Å². The molecular weight excluding hydrogens is 312 g/mol. The number of carbonyl (C=O) groups is 1. The highest BCUT2D eigenvalue weighted by Crippen LogP contribution is 2.31. The van der Waals surface area contributed by atoms with Crippen molar-refractivity contribution < 1.29 is 19.7 Å². The number of rotatable bonds is 5. The topological polar surface area (TPSA) is 92.0 Å². The van der Waals surface area contributed by atoms with Crippen LogP contribution in [0.5, 0.6) is 5.75 Å². The number of aromatic nitrogens is 1. The van der Waals surface area contributed by atoms with Crippen molar-refractivity contribution in [3.8, 4) is 5.75 Å². The number of nitrogens with zero attached hydrogens (tertiary/aromatic N) is 2. The highest BCUT2D eigenvalue weighted by atomic mass is 32.2. The molecule has 0 saturated heterocycles. The number of aliphatic imine (C=N–C) groups is 1. The summed E-state index contributed by atoms with van der Waals surface area (Å²) in [6, 6.07) is 4.82. The van der Waals surface area contributed by atoms with Gasteiger partial charge in [-0.1, -0.05) is 0 Å². The molecule has 2 heterocycles. The van der Waals surface area contributed by atoms with Gasteiger partial charge in [0.15, 0.2) is 6.04 Å². The summed E-state index contributed by atoms with van der Waals surface area (Å²) in [7, 11) is 0. The second-order valence-electron chi connectivity index (χ2n) is 4.32. The summed E-state index contributed by atoms with van der Waals surface area (Å²) in [5.74, 6) is 0.223. The third-order valence-corrected chi connectivity index (χ3v) is 5.05. The van der Waals surface area contributed by atoms with E-state index < -0.39 is 12.0 Å². The molecular formula is C13H12N2O4S2. The fourth-order valence-electron chi connectivity index (χ4n) is 1.87. The number of ether oxygens (including phenoxy) is 1. The molecule has 2 N–H and O–H groups in total. The average Bonchev–Trinajstić information content (AvgIpc) is 3.10. The maximum atomic E-state index is 10.9. The van der Waals surface area contributed by atoms with Crippen LogP contribution in [0.15, 0.2) is 23.2 Å². The Bertz CT molecular complexity index is 713. The fraction of sp³-hybridized carbons (Fsp3) is 0.308. The van der Waals surface area contributed by atoms with E-state index in [0.29, 0.717) is 16.5 Å². The molecule has 2 aromatic rings. The molecule has 0 bridgehead atoms. The molecule has 110 valence electrons. The largest absolute Gasteiger partial charge is 0.491 e. The van der Waals surface area contributed by atoms with E-state index in [1.54, 1.807) is 6.07 Å². The normalized spacial score (nSPS) is 18.0. The quantitative estimate of drug-likeness (QED) is 0.868. The van der Waals surface area contributed by atoms with Crippen LogP contribution in [0.25, 0.3) is 10.2 Å². The predicted octanol–water partition coefficient (Wildman–Crippen LogP) is 1.61. The van der Waals surface area contributed by atoms with Gasteiger partial charge >= 0.3 is 5.97 Å².